The first-order valence-electron chi connectivity index (χ1n) is 9.79. The van der Waals surface area contributed by atoms with Gasteiger partial charge in [-0.2, -0.15) is 0 Å². The smallest absolute Gasteiger partial charge is 0.303 e. The summed E-state index contributed by atoms with van der Waals surface area (Å²) >= 11 is 6.33. The van der Waals surface area contributed by atoms with Gasteiger partial charge < -0.3 is 10.2 Å². The Hall–Kier alpha value is -3.03. The lowest BCUT2D eigenvalue weighted by Gasteiger charge is -2.13. The van der Waals surface area contributed by atoms with Crippen LogP contribution in [0.25, 0.3) is 5.69 Å². The second-order valence-corrected chi connectivity index (χ2v) is 7.56. The van der Waals surface area contributed by atoms with Gasteiger partial charge in [0.1, 0.15) is 12.6 Å². The van der Waals surface area contributed by atoms with Crippen molar-refractivity contribution in [2.24, 2.45) is 4.99 Å². The van der Waals surface area contributed by atoms with Gasteiger partial charge in [0.15, 0.2) is 11.6 Å². The van der Waals surface area contributed by atoms with Crippen LogP contribution in [0.1, 0.15) is 54.5 Å². The fraction of sp³-hybridized carbons (Fsp3) is 0.273. The Kier molecular flexibility index (Phi) is 5.92. The molecule has 8 heteroatoms. The minimum absolute atomic E-state index is 0.117. The first-order chi connectivity index (χ1) is 14.6. The number of fused-ring (bicyclic) bond motifs is 3. The fourth-order valence-electron chi connectivity index (χ4n) is 3.72. The Bertz CT molecular complexity index is 1100. The van der Waals surface area contributed by atoms with Gasteiger partial charge in [-0.05, 0) is 31.0 Å². The molecule has 1 aromatic heterocycles. The van der Waals surface area contributed by atoms with E-state index in [9.17, 15) is 9.90 Å². The molecule has 154 valence electrons. The van der Waals surface area contributed by atoms with E-state index < -0.39 is 5.97 Å². The molecule has 0 saturated heterocycles. The molecule has 1 aliphatic rings. The van der Waals surface area contributed by atoms with Crippen molar-refractivity contribution in [2.75, 3.05) is 0 Å². The van der Waals surface area contributed by atoms with E-state index in [1.54, 1.807) is 6.07 Å². The molecule has 0 radical (unpaired) electrons. The monoisotopic (exact) mass is 424 g/mol. The van der Waals surface area contributed by atoms with Crippen LogP contribution in [-0.4, -0.2) is 36.7 Å². The molecule has 0 saturated carbocycles. The summed E-state index contributed by atoms with van der Waals surface area (Å²) in [5, 5.41) is 27.8. The third-order valence-electron chi connectivity index (χ3n) is 5.10. The number of aliphatic hydroxyl groups excluding tert-OH is 1. The summed E-state index contributed by atoms with van der Waals surface area (Å²) in [6, 6.07) is 15.0. The van der Waals surface area contributed by atoms with Gasteiger partial charge in [0.05, 0.1) is 11.4 Å². The van der Waals surface area contributed by atoms with E-state index in [0.717, 1.165) is 22.5 Å². The van der Waals surface area contributed by atoms with Crippen molar-refractivity contribution in [3.05, 3.63) is 76.3 Å². The lowest BCUT2D eigenvalue weighted by molar-refractivity contribution is -0.137. The summed E-state index contributed by atoms with van der Waals surface area (Å²) in [6.07, 6.45) is 1.98. The number of aliphatic imine (C=N–C) groups is 1. The third kappa shape index (κ3) is 3.99. The van der Waals surface area contributed by atoms with Crippen molar-refractivity contribution in [1.29, 1.82) is 0 Å². The number of carboxylic acids is 1. The zero-order chi connectivity index (χ0) is 21.1. The van der Waals surface area contributed by atoms with E-state index in [1.165, 1.54) is 0 Å². The van der Waals surface area contributed by atoms with Crippen LogP contribution in [0.2, 0.25) is 5.02 Å². The summed E-state index contributed by atoms with van der Waals surface area (Å²) in [5.41, 5.74) is 3.36. The van der Waals surface area contributed by atoms with Gasteiger partial charge >= 0.3 is 5.97 Å². The minimum atomic E-state index is -0.808. The molecular weight excluding hydrogens is 404 g/mol. The molecule has 1 unspecified atom stereocenters. The van der Waals surface area contributed by atoms with Crippen molar-refractivity contribution < 1.29 is 15.0 Å². The standard InChI is InChI=1S/C22H21ClN4O3/c23-15-10-11-18-16(12-15)21(14-6-2-1-3-7-14)24-17(8-4-5-9-20(29)30)22-26-25-19(13-28)27(18)22/h1-3,6-7,10-12,17,28H,4-5,8-9,13H2,(H,29,30). The first-order valence-corrected chi connectivity index (χ1v) is 10.2. The largest absolute Gasteiger partial charge is 0.481 e. The highest BCUT2D eigenvalue weighted by Gasteiger charge is 2.28. The summed E-state index contributed by atoms with van der Waals surface area (Å²) in [5.74, 6) is 0.245. The maximum absolute atomic E-state index is 10.9. The Morgan fingerprint density at radius 3 is 2.63 bits per heavy atom. The van der Waals surface area contributed by atoms with E-state index in [-0.39, 0.29) is 19.1 Å². The van der Waals surface area contributed by atoms with Crippen LogP contribution in [0.4, 0.5) is 0 Å². The van der Waals surface area contributed by atoms with Crippen molar-refractivity contribution in [1.82, 2.24) is 14.8 Å². The van der Waals surface area contributed by atoms with Crippen molar-refractivity contribution in [3.63, 3.8) is 0 Å². The lowest BCUT2D eigenvalue weighted by Crippen LogP contribution is -2.09. The van der Waals surface area contributed by atoms with E-state index >= 15 is 0 Å². The Labute approximate surface area is 178 Å². The molecule has 1 aliphatic heterocycles. The molecule has 2 heterocycles. The maximum atomic E-state index is 10.9. The van der Waals surface area contributed by atoms with E-state index in [0.29, 0.717) is 35.9 Å². The average Bonchev–Trinajstić information content (AvgIpc) is 3.12. The van der Waals surface area contributed by atoms with Gasteiger partial charge in [-0.25, -0.2) is 0 Å². The number of hydrogen-bond donors (Lipinski definition) is 2. The number of halogens is 1. The number of benzene rings is 2. The Morgan fingerprint density at radius 1 is 1.10 bits per heavy atom. The zero-order valence-corrected chi connectivity index (χ0v) is 17.0. The molecule has 30 heavy (non-hydrogen) atoms. The third-order valence-corrected chi connectivity index (χ3v) is 5.33. The Balaban J connectivity index is 1.85. The molecule has 0 amide bonds. The van der Waals surface area contributed by atoms with Crippen molar-refractivity contribution in [3.8, 4) is 5.69 Å². The topological polar surface area (TPSA) is 101 Å². The van der Waals surface area contributed by atoms with Gasteiger partial charge in [0, 0.05) is 22.6 Å². The van der Waals surface area contributed by atoms with Crippen molar-refractivity contribution in [2.45, 2.75) is 38.3 Å². The van der Waals surface area contributed by atoms with Crippen LogP contribution in [0, 0.1) is 0 Å². The van der Waals surface area contributed by atoms with Crippen LogP contribution in [0.15, 0.2) is 53.5 Å². The summed E-state index contributed by atoms with van der Waals surface area (Å²) in [6.45, 7) is -0.262. The Morgan fingerprint density at radius 2 is 1.90 bits per heavy atom. The van der Waals surface area contributed by atoms with Gasteiger partial charge in [0.25, 0.3) is 0 Å². The van der Waals surface area contributed by atoms with Crippen LogP contribution < -0.4 is 0 Å². The molecule has 0 aliphatic carbocycles. The summed E-state index contributed by atoms with van der Waals surface area (Å²) in [4.78, 5) is 15.9. The number of hydrogen-bond acceptors (Lipinski definition) is 5. The SMILES string of the molecule is O=C(O)CCCCC1N=C(c2ccccc2)c2cc(Cl)ccc2-n2c(CO)nnc21. The summed E-state index contributed by atoms with van der Waals surface area (Å²) in [7, 11) is 0. The van der Waals surface area contributed by atoms with E-state index in [2.05, 4.69) is 10.2 Å². The molecule has 4 rings (SSSR count). The highest BCUT2D eigenvalue weighted by atomic mass is 35.5. The molecule has 0 bridgehead atoms. The van der Waals surface area contributed by atoms with Gasteiger partial charge in [-0.15, -0.1) is 10.2 Å². The predicted octanol–water partition coefficient (Wildman–Crippen LogP) is 3.95. The van der Waals surface area contributed by atoms with Gasteiger partial charge in [-0.1, -0.05) is 48.4 Å². The van der Waals surface area contributed by atoms with Gasteiger partial charge in [0.2, 0.25) is 0 Å². The number of unbranched alkanes of at least 4 members (excludes halogenated alkanes) is 1. The van der Waals surface area contributed by atoms with Crippen molar-refractivity contribution >= 4 is 23.3 Å². The zero-order valence-electron chi connectivity index (χ0n) is 16.2. The van der Waals surface area contributed by atoms with E-state index in [1.807, 2.05) is 47.0 Å². The second kappa shape index (κ2) is 8.77. The number of carboxylic acid groups (broad SMARTS) is 1. The highest BCUT2D eigenvalue weighted by Crippen LogP contribution is 2.34. The number of aliphatic hydroxyl groups is 1. The quantitative estimate of drug-likeness (QED) is 0.559. The highest BCUT2D eigenvalue weighted by molar-refractivity contribution is 6.31. The molecular formula is C22H21ClN4O3. The number of aliphatic carboxylic acids is 1. The molecule has 0 spiro atoms. The fourth-order valence-corrected chi connectivity index (χ4v) is 3.89. The number of rotatable bonds is 7. The van der Waals surface area contributed by atoms with Crippen LogP contribution in [-0.2, 0) is 11.4 Å². The average molecular weight is 425 g/mol. The second-order valence-electron chi connectivity index (χ2n) is 7.13. The van der Waals surface area contributed by atoms with Crippen LogP contribution in [0.5, 0.6) is 0 Å². The molecule has 0 fully saturated rings. The molecule has 7 nitrogen and oxygen atoms in total. The lowest BCUT2D eigenvalue weighted by atomic mass is 10.00. The number of carbonyl (C=O) groups is 1. The molecule has 2 aromatic carbocycles. The predicted molar refractivity (Wildman–Crippen MR) is 113 cm³/mol. The minimum Gasteiger partial charge on any atom is -0.481 e. The molecule has 2 N–H and O–H groups in total. The maximum Gasteiger partial charge on any atom is 0.303 e. The number of nitrogens with zero attached hydrogens (tertiary/aromatic N) is 4. The van der Waals surface area contributed by atoms with E-state index in [4.69, 9.17) is 21.7 Å². The first kappa shape index (κ1) is 20.3. The van der Waals surface area contributed by atoms with Gasteiger partial charge in [-0.3, -0.25) is 14.4 Å². The normalized spacial score (nSPS) is 15.1. The number of aromatic nitrogens is 3. The van der Waals surface area contributed by atoms with Crippen LogP contribution >= 0.6 is 11.6 Å². The molecule has 1 atom stereocenters. The van der Waals surface area contributed by atoms with Crippen LogP contribution in [0.3, 0.4) is 0 Å². The summed E-state index contributed by atoms with van der Waals surface area (Å²) < 4.78 is 1.84. The molecule has 3 aromatic rings.